The zero-order valence-corrected chi connectivity index (χ0v) is 14.5. The van der Waals surface area contributed by atoms with Crippen LogP contribution in [0.25, 0.3) is 0 Å². The van der Waals surface area contributed by atoms with Crippen molar-refractivity contribution in [2.24, 2.45) is 0 Å². The summed E-state index contributed by atoms with van der Waals surface area (Å²) in [6, 6.07) is 6.39. The summed E-state index contributed by atoms with van der Waals surface area (Å²) in [6.07, 6.45) is 1.87. The van der Waals surface area contributed by atoms with E-state index in [-0.39, 0.29) is 6.04 Å². The lowest BCUT2D eigenvalue weighted by molar-refractivity contribution is -0.0154. The van der Waals surface area contributed by atoms with Crippen LogP contribution in [0.1, 0.15) is 16.7 Å². The Labute approximate surface area is 146 Å². The fourth-order valence-corrected chi connectivity index (χ4v) is 3.89. The SMILES string of the molecule is c1csc(CN2CCOC[C@H]2c2nccc(N3CCOCC3)n2)c1. The van der Waals surface area contributed by atoms with Crippen LogP contribution in [0.3, 0.4) is 0 Å². The van der Waals surface area contributed by atoms with Gasteiger partial charge in [-0.1, -0.05) is 6.07 Å². The summed E-state index contributed by atoms with van der Waals surface area (Å²) in [5.41, 5.74) is 0. The number of morpholine rings is 2. The summed E-state index contributed by atoms with van der Waals surface area (Å²) in [6.45, 7) is 6.55. The van der Waals surface area contributed by atoms with Crippen LogP contribution in [0.15, 0.2) is 29.8 Å². The zero-order chi connectivity index (χ0) is 16.2. The topological polar surface area (TPSA) is 50.7 Å². The van der Waals surface area contributed by atoms with E-state index >= 15 is 0 Å². The molecule has 2 aliphatic rings. The monoisotopic (exact) mass is 346 g/mol. The van der Waals surface area contributed by atoms with Crippen LogP contribution in [0, 0.1) is 0 Å². The minimum Gasteiger partial charge on any atom is -0.378 e. The molecule has 7 heteroatoms. The maximum Gasteiger partial charge on any atom is 0.150 e. The molecule has 0 spiro atoms. The van der Waals surface area contributed by atoms with Gasteiger partial charge < -0.3 is 14.4 Å². The van der Waals surface area contributed by atoms with Gasteiger partial charge in [-0.2, -0.15) is 0 Å². The summed E-state index contributed by atoms with van der Waals surface area (Å²) in [5.74, 6) is 1.85. The Morgan fingerprint density at radius 3 is 2.83 bits per heavy atom. The molecule has 2 saturated heterocycles. The molecule has 0 N–H and O–H groups in total. The molecule has 128 valence electrons. The van der Waals surface area contributed by atoms with E-state index in [2.05, 4.69) is 32.3 Å². The zero-order valence-electron chi connectivity index (χ0n) is 13.6. The van der Waals surface area contributed by atoms with E-state index in [1.165, 1.54) is 4.88 Å². The predicted molar refractivity (Wildman–Crippen MR) is 93.4 cm³/mol. The highest BCUT2D eigenvalue weighted by Crippen LogP contribution is 2.26. The van der Waals surface area contributed by atoms with Gasteiger partial charge in [0, 0.05) is 37.3 Å². The Balaban J connectivity index is 1.53. The molecule has 1 atom stereocenters. The van der Waals surface area contributed by atoms with Crippen molar-refractivity contribution < 1.29 is 9.47 Å². The second-order valence-corrected chi connectivity index (χ2v) is 7.05. The molecule has 0 radical (unpaired) electrons. The highest BCUT2D eigenvalue weighted by Gasteiger charge is 2.28. The fourth-order valence-electron chi connectivity index (χ4n) is 3.16. The van der Waals surface area contributed by atoms with Gasteiger partial charge in [0.2, 0.25) is 0 Å². The first-order valence-corrected chi connectivity index (χ1v) is 9.28. The van der Waals surface area contributed by atoms with Crippen molar-refractivity contribution in [3.63, 3.8) is 0 Å². The molecule has 2 fully saturated rings. The minimum atomic E-state index is 0.113. The first-order chi connectivity index (χ1) is 11.9. The average molecular weight is 346 g/mol. The Morgan fingerprint density at radius 2 is 2.00 bits per heavy atom. The molecule has 4 rings (SSSR count). The van der Waals surface area contributed by atoms with Crippen LogP contribution >= 0.6 is 11.3 Å². The Bertz CT molecular complexity index is 646. The van der Waals surface area contributed by atoms with E-state index in [0.29, 0.717) is 6.61 Å². The second kappa shape index (κ2) is 7.57. The quantitative estimate of drug-likeness (QED) is 0.843. The van der Waals surface area contributed by atoms with E-state index in [1.54, 1.807) is 11.3 Å². The molecule has 0 amide bonds. The number of anilines is 1. The molecule has 2 aromatic rings. The van der Waals surface area contributed by atoms with E-state index in [4.69, 9.17) is 14.5 Å². The lowest BCUT2D eigenvalue weighted by atomic mass is 10.2. The lowest BCUT2D eigenvalue weighted by Crippen LogP contribution is -2.40. The van der Waals surface area contributed by atoms with Gasteiger partial charge in [-0.15, -0.1) is 11.3 Å². The maximum absolute atomic E-state index is 5.72. The van der Waals surface area contributed by atoms with Crippen molar-refractivity contribution in [2.75, 3.05) is 51.0 Å². The molecule has 0 bridgehead atoms. The fraction of sp³-hybridized carbons (Fsp3) is 0.529. The highest BCUT2D eigenvalue weighted by atomic mass is 32.1. The number of hydrogen-bond donors (Lipinski definition) is 0. The van der Waals surface area contributed by atoms with Gasteiger partial charge in [0.1, 0.15) is 11.6 Å². The number of aromatic nitrogens is 2. The summed E-state index contributed by atoms with van der Waals surface area (Å²) in [5, 5.41) is 2.13. The van der Waals surface area contributed by atoms with E-state index < -0.39 is 0 Å². The van der Waals surface area contributed by atoms with Crippen LogP contribution < -0.4 is 4.90 Å². The number of rotatable bonds is 4. The lowest BCUT2D eigenvalue weighted by Gasteiger charge is -2.35. The third-order valence-electron chi connectivity index (χ3n) is 4.47. The molecule has 6 nitrogen and oxygen atoms in total. The maximum atomic E-state index is 5.72. The number of nitrogens with zero attached hydrogens (tertiary/aromatic N) is 4. The predicted octanol–water partition coefficient (Wildman–Crippen LogP) is 1.95. The molecule has 24 heavy (non-hydrogen) atoms. The van der Waals surface area contributed by atoms with Crippen LogP contribution in [0.5, 0.6) is 0 Å². The minimum absolute atomic E-state index is 0.113. The molecule has 0 aromatic carbocycles. The van der Waals surface area contributed by atoms with E-state index in [0.717, 1.165) is 57.6 Å². The summed E-state index contributed by atoms with van der Waals surface area (Å²) < 4.78 is 11.2. The van der Waals surface area contributed by atoms with Crippen molar-refractivity contribution in [1.82, 2.24) is 14.9 Å². The van der Waals surface area contributed by atoms with Gasteiger partial charge in [-0.25, -0.2) is 9.97 Å². The van der Waals surface area contributed by atoms with Crippen LogP contribution in [-0.4, -0.2) is 60.9 Å². The molecule has 0 saturated carbocycles. The van der Waals surface area contributed by atoms with Gasteiger partial charge in [0.05, 0.1) is 32.5 Å². The van der Waals surface area contributed by atoms with Gasteiger partial charge in [0.15, 0.2) is 0 Å². The van der Waals surface area contributed by atoms with Crippen LogP contribution in [0.4, 0.5) is 5.82 Å². The van der Waals surface area contributed by atoms with Gasteiger partial charge in [-0.05, 0) is 17.5 Å². The first-order valence-electron chi connectivity index (χ1n) is 8.40. The van der Waals surface area contributed by atoms with E-state index in [1.807, 2.05) is 12.3 Å². The first kappa shape index (κ1) is 16.0. The summed E-state index contributed by atoms with van der Waals surface area (Å²) >= 11 is 1.79. The van der Waals surface area contributed by atoms with Crippen molar-refractivity contribution >= 4 is 17.2 Å². The smallest absolute Gasteiger partial charge is 0.150 e. The molecule has 2 aliphatic heterocycles. The average Bonchev–Trinajstić information content (AvgIpc) is 3.16. The van der Waals surface area contributed by atoms with Crippen LogP contribution in [-0.2, 0) is 16.0 Å². The Morgan fingerprint density at radius 1 is 1.12 bits per heavy atom. The number of thiophene rings is 1. The summed E-state index contributed by atoms with van der Waals surface area (Å²) in [4.78, 5) is 15.4. The second-order valence-electron chi connectivity index (χ2n) is 6.01. The third kappa shape index (κ3) is 3.59. The Kier molecular flexibility index (Phi) is 5.03. The molecule has 0 aliphatic carbocycles. The van der Waals surface area contributed by atoms with Crippen molar-refractivity contribution in [3.8, 4) is 0 Å². The molecule has 4 heterocycles. The molecule has 2 aromatic heterocycles. The summed E-state index contributed by atoms with van der Waals surface area (Å²) in [7, 11) is 0. The number of ether oxygens (including phenoxy) is 2. The van der Waals surface area contributed by atoms with Crippen molar-refractivity contribution in [2.45, 2.75) is 12.6 Å². The molecular formula is C17H22N4O2S. The normalized spacial score (nSPS) is 22.7. The standard InChI is InChI=1S/C17H22N4O2S/c1-2-14(24-11-1)12-21-7-10-23-13-15(21)17-18-4-3-16(19-17)20-5-8-22-9-6-20/h1-4,11,15H,5-10,12-13H2/t15-/m0/s1. The Hall–Kier alpha value is -1.54. The van der Waals surface area contributed by atoms with Crippen LogP contribution in [0.2, 0.25) is 0 Å². The van der Waals surface area contributed by atoms with Crippen molar-refractivity contribution in [1.29, 1.82) is 0 Å². The number of hydrogen-bond acceptors (Lipinski definition) is 7. The van der Waals surface area contributed by atoms with Gasteiger partial charge in [0.25, 0.3) is 0 Å². The van der Waals surface area contributed by atoms with E-state index in [9.17, 15) is 0 Å². The highest BCUT2D eigenvalue weighted by molar-refractivity contribution is 7.09. The van der Waals surface area contributed by atoms with Crippen molar-refractivity contribution in [3.05, 3.63) is 40.5 Å². The third-order valence-corrected chi connectivity index (χ3v) is 5.33. The molecule has 0 unspecified atom stereocenters. The molecular weight excluding hydrogens is 324 g/mol. The van der Waals surface area contributed by atoms with Gasteiger partial charge in [-0.3, -0.25) is 4.90 Å². The van der Waals surface area contributed by atoms with Gasteiger partial charge >= 0.3 is 0 Å². The largest absolute Gasteiger partial charge is 0.378 e.